The van der Waals surface area contributed by atoms with E-state index in [9.17, 15) is 0 Å². The zero-order valence-corrected chi connectivity index (χ0v) is 12.1. The fourth-order valence-electron chi connectivity index (χ4n) is 2.14. The molecule has 0 radical (unpaired) electrons. The predicted octanol–water partition coefficient (Wildman–Crippen LogP) is 3.04. The minimum atomic E-state index is -0.0692. The first-order chi connectivity index (χ1) is 9.27. The molecule has 0 aliphatic carbocycles. The highest BCUT2D eigenvalue weighted by molar-refractivity contribution is 6.31. The van der Waals surface area contributed by atoms with Crippen LogP contribution in [0.3, 0.4) is 0 Å². The van der Waals surface area contributed by atoms with Gasteiger partial charge in [-0.1, -0.05) is 25.4 Å². The lowest BCUT2D eigenvalue weighted by atomic mass is 10.1. The number of nitrogens with zero attached hydrogens (tertiary/aromatic N) is 3. The minimum Gasteiger partial charge on any atom is -0.333 e. The molecule has 0 aliphatic rings. The zero-order chi connectivity index (χ0) is 13.7. The van der Waals surface area contributed by atoms with Crippen molar-refractivity contribution in [2.45, 2.75) is 32.9 Å². The summed E-state index contributed by atoms with van der Waals surface area (Å²) in [5.41, 5.74) is 0.828. The average Bonchev–Trinajstić information content (AvgIpc) is 2.86. The lowest BCUT2D eigenvalue weighted by Crippen LogP contribution is -2.26. The number of pyridine rings is 1. The molecule has 0 amide bonds. The molecule has 0 saturated heterocycles. The second-order valence-electron chi connectivity index (χ2n) is 4.34. The third kappa shape index (κ3) is 3.14. The van der Waals surface area contributed by atoms with E-state index in [4.69, 9.17) is 11.6 Å². The van der Waals surface area contributed by atoms with Crippen LogP contribution in [0.4, 0.5) is 0 Å². The van der Waals surface area contributed by atoms with Gasteiger partial charge in [0.2, 0.25) is 0 Å². The third-order valence-electron chi connectivity index (χ3n) is 2.94. The number of halogens is 1. The van der Waals surface area contributed by atoms with Crippen LogP contribution in [0.2, 0.25) is 5.02 Å². The molecular formula is C14H19ClN4. The number of hydrogen-bond acceptors (Lipinski definition) is 3. The Labute approximate surface area is 118 Å². The zero-order valence-electron chi connectivity index (χ0n) is 11.3. The Balaban J connectivity index is 2.40. The molecule has 4 nitrogen and oxygen atoms in total. The van der Waals surface area contributed by atoms with Gasteiger partial charge in [0, 0.05) is 25.1 Å². The molecule has 1 atom stereocenters. The van der Waals surface area contributed by atoms with E-state index in [1.165, 1.54) is 0 Å². The SMILES string of the molecule is CCCn1ccnc1C(NCC)c1ncccc1Cl. The van der Waals surface area contributed by atoms with Crippen molar-refractivity contribution in [1.82, 2.24) is 19.9 Å². The highest BCUT2D eigenvalue weighted by Gasteiger charge is 2.21. The molecule has 2 aromatic rings. The lowest BCUT2D eigenvalue weighted by molar-refractivity contribution is 0.535. The normalized spacial score (nSPS) is 12.6. The van der Waals surface area contributed by atoms with E-state index in [0.29, 0.717) is 5.02 Å². The van der Waals surface area contributed by atoms with Crippen LogP contribution in [0, 0.1) is 0 Å². The third-order valence-corrected chi connectivity index (χ3v) is 3.26. The monoisotopic (exact) mass is 278 g/mol. The van der Waals surface area contributed by atoms with E-state index in [1.54, 1.807) is 6.20 Å². The summed E-state index contributed by atoms with van der Waals surface area (Å²) in [6, 6.07) is 3.63. The standard InChI is InChI=1S/C14H19ClN4/c1-3-9-19-10-8-18-14(19)13(16-4-2)12-11(15)6-5-7-17-12/h5-8,10,13,16H,3-4,9H2,1-2H3. The summed E-state index contributed by atoms with van der Waals surface area (Å²) in [5, 5.41) is 4.08. The van der Waals surface area contributed by atoms with Gasteiger partial charge >= 0.3 is 0 Å². The minimum absolute atomic E-state index is 0.0692. The van der Waals surface area contributed by atoms with E-state index in [2.05, 4.69) is 33.7 Å². The smallest absolute Gasteiger partial charge is 0.132 e. The van der Waals surface area contributed by atoms with Crippen molar-refractivity contribution in [2.24, 2.45) is 0 Å². The highest BCUT2D eigenvalue weighted by atomic mass is 35.5. The first kappa shape index (κ1) is 14.0. The van der Waals surface area contributed by atoms with Crippen molar-refractivity contribution < 1.29 is 0 Å². The van der Waals surface area contributed by atoms with Gasteiger partial charge < -0.3 is 9.88 Å². The van der Waals surface area contributed by atoms with Crippen LogP contribution in [0.1, 0.15) is 37.8 Å². The maximum absolute atomic E-state index is 6.26. The van der Waals surface area contributed by atoms with Gasteiger partial charge in [0.15, 0.2) is 0 Å². The number of imidazole rings is 1. The summed E-state index contributed by atoms with van der Waals surface area (Å²) < 4.78 is 2.15. The van der Waals surface area contributed by atoms with E-state index in [-0.39, 0.29) is 6.04 Å². The van der Waals surface area contributed by atoms with Crippen LogP contribution in [0.25, 0.3) is 0 Å². The molecule has 0 bridgehead atoms. The topological polar surface area (TPSA) is 42.7 Å². The van der Waals surface area contributed by atoms with Crippen LogP contribution in [-0.2, 0) is 6.54 Å². The van der Waals surface area contributed by atoms with Gasteiger partial charge in [-0.25, -0.2) is 4.98 Å². The van der Waals surface area contributed by atoms with Crippen LogP contribution in [-0.4, -0.2) is 21.1 Å². The summed E-state index contributed by atoms with van der Waals surface area (Å²) in [6.45, 7) is 6.00. The van der Waals surface area contributed by atoms with E-state index in [0.717, 1.165) is 31.0 Å². The molecule has 102 valence electrons. The molecule has 0 aliphatic heterocycles. The molecule has 0 spiro atoms. The van der Waals surface area contributed by atoms with E-state index in [1.807, 2.05) is 24.5 Å². The van der Waals surface area contributed by atoms with E-state index < -0.39 is 0 Å². The Morgan fingerprint density at radius 1 is 1.32 bits per heavy atom. The van der Waals surface area contributed by atoms with Gasteiger partial charge in [-0.3, -0.25) is 4.98 Å². The summed E-state index contributed by atoms with van der Waals surface area (Å²) in [7, 11) is 0. The Morgan fingerprint density at radius 3 is 2.84 bits per heavy atom. The lowest BCUT2D eigenvalue weighted by Gasteiger charge is -2.19. The predicted molar refractivity (Wildman–Crippen MR) is 77.3 cm³/mol. The Kier molecular flexibility index (Phi) is 4.93. The molecule has 0 saturated carbocycles. The highest BCUT2D eigenvalue weighted by Crippen LogP contribution is 2.25. The Morgan fingerprint density at radius 2 is 2.16 bits per heavy atom. The van der Waals surface area contributed by atoms with Crippen molar-refractivity contribution in [2.75, 3.05) is 6.54 Å². The van der Waals surface area contributed by atoms with Crippen LogP contribution in [0.15, 0.2) is 30.7 Å². The molecule has 1 unspecified atom stereocenters. The second kappa shape index (κ2) is 6.68. The van der Waals surface area contributed by atoms with Crippen LogP contribution < -0.4 is 5.32 Å². The second-order valence-corrected chi connectivity index (χ2v) is 4.75. The number of nitrogens with one attached hydrogen (secondary N) is 1. The molecule has 2 aromatic heterocycles. The van der Waals surface area contributed by atoms with Crippen molar-refractivity contribution in [1.29, 1.82) is 0 Å². The van der Waals surface area contributed by atoms with Gasteiger partial charge in [-0.05, 0) is 25.1 Å². The van der Waals surface area contributed by atoms with Gasteiger partial charge in [-0.2, -0.15) is 0 Å². The van der Waals surface area contributed by atoms with Crippen molar-refractivity contribution in [3.63, 3.8) is 0 Å². The number of hydrogen-bond donors (Lipinski definition) is 1. The fraction of sp³-hybridized carbons (Fsp3) is 0.429. The van der Waals surface area contributed by atoms with Crippen molar-refractivity contribution in [3.8, 4) is 0 Å². The molecular weight excluding hydrogens is 260 g/mol. The van der Waals surface area contributed by atoms with E-state index >= 15 is 0 Å². The van der Waals surface area contributed by atoms with Gasteiger partial charge in [0.25, 0.3) is 0 Å². The van der Waals surface area contributed by atoms with Crippen molar-refractivity contribution >= 4 is 11.6 Å². The number of aryl methyl sites for hydroxylation is 1. The summed E-state index contributed by atoms with van der Waals surface area (Å²) in [6.07, 6.45) is 6.66. The summed E-state index contributed by atoms with van der Waals surface area (Å²) in [4.78, 5) is 8.88. The first-order valence-corrected chi connectivity index (χ1v) is 7.00. The Bertz CT molecular complexity index is 524. The van der Waals surface area contributed by atoms with Gasteiger partial charge in [-0.15, -0.1) is 0 Å². The molecule has 0 fully saturated rings. The maximum Gasteiger partial charge on any atom is 0.132 e. The Hall–Kier alpha value is -1.39. The number of rotatable bonds is 6. The maximum atomic E-state index is 6.26. The first-order valence-electron chi connectivity index (χ1n) is 6.62. The van der Waals surface area contributed by atoms with Crippen molar-refractivity contribution in [3.05, 3.63) is 47.3 Å². The largest absolute Gasteiger partial charge is 0.333 e. The molecule has 5 heteroatoms. The fourth-order valence-corrected chi connectivity index (χ4v) is 2.37. The molecule has 0 aromatic carbocycles. The van der Waals surface area contributed by atoms with Crippen LogP contribution in [0.5, 0.6) is 0 Å². The molecule has 1 N–H and O–H groups in total. The quantitative estimate of drug-likeness (QED) is 0.883. The van der Waals surface area contributed by atoms with Gasteiger partial charge in [0.1, 0.15) is 11.9 Å². The average molecular weight is 279 g/mol. The van der Waals surface area contributed by atoms with Gasteiger partial charge in [0.05, 0.1) is 10.7 Å². The number of aromatic nitrogens is 3. The molecule has 2 heterocycles. The summed E-state index contributed by atoms with van der Waals surface area (Å²) in [5.74, 6) is 0.962. The molecule has 2 rings (SSSR count). The summed E-state index contributed by atoms with van der Waals surface area (Å²) >= 11 is 6.26. The molecule has 19 heavy (non-hydrogen) atoms. The van der Waals surface area contributed by atoms with Crippen LogP contribution >= 0.6 is 11.6 Å².